The number of hydrogen-bond acceptors (Lipinski definition) is 6. The van der Waals surface area contributed by atoms with Gasteiger partial charge in [0.05, 0.1) is 20.1 Å². The fraction of sp³-hybridized carbons (Fsp3) is 0.400. The Morgan fingerprint density at radius 2 is 1.82 bits per heavy atom. The smallest absolute Gasteiger partial charge is 0.362 e. The molecule has 1 heterocycles. The monoisotopic (exact) mass is 370 g/mol. The number of carbonyl (C=O) groups is 3. The highest BCUT2D eigenvalue weighted by Crippen LogP contribution is 2.48. The molecule has 1 aromatic rings. The standard InChI is InChI=1S/C15H15BrO6/c1-8(17)6-11-10-7-9(16)4-5-12(10)22-15(11,13(18)20-2)14(19)21-3/h4-5,7,11H,6H2,1-3H3/t11-/m0/s1. The van der Waals surface area contributed by atoms with E-state index in [-0.39, 0.29) is 12.2 Å². The zero-order chi connectivity index (χ0) is 16.5. The molecule has 0 saturated heterocycles. The molecule has 1 aromatic carbocycles. The minimum absolute atomic E-state index is 0.0480. The Labute approximate surface area is 135 Å². The van der Waals surface area contributed by atoms with Crippen LogP contribution in [0.4, 0.5) is 0 Å². The first kappa shape index (κ1) is 16.5. The molecule has 6 nitrogen and oxygen atoms in total. The Bertz CT molecular complexity index is 623. The summed E-state index contributed by atoms with van der Waals surface area (Å²) in [7, 11) is 2.31. The average Bonchev–Trinajstić information content (AvgIpc) is 2.80. The lowest BCUT2D eigenvalue weighted by molar-refractivity contribution is -0.177. The Hall–Kier alpha value is -1.89. The van der Waals surface area contributed by atoms with Crippen LogP contribution in [0, 0.1) is 0 Å². The van der Waals surface area contributed by atoms with Crippen LogP contribution in [0.5, 0.6) is 5.75 Å². The Kier molecular flexibility index (Phi) is 4.55. The van der Waals surface area contributed by atoms with Crippen molar-refractivity contribution in [2.45, 2.75) is 24.9 Å². The summed E-state index contributed by atoms with van der Waals surface area (Å²) in [4.78, 5) is 36.3. The van der Waals surface area contributed by atoms with Gasteiger partial charge in [0, 0.05) is 16.5 Å². The summed E-state index contributed by atoms with van der Waals surface area (Å²) in [5.41, 5.74) is -1.42. The second-order valence-electron chi connectivity index (χ2n) is 4.96. The fourth-order valence-electron chi connectivity index (χ4n) is 2.64. The third kappa shape index (κ3) is 2.49. The van der Waals surface area contributed by atoms with Crippen molar-refractivity contribution in [3.05, 3.63) is 28.2 Å². The summed E-state index contributed by atoms with van der Waals surface area (Å²) < 4.78 is 15.9. The summed E-state index contributed by atoms with van der Waals surface area (Å²) in [5.74, 6) is -2.42. The number of Topliss-reactive ketones (excluding diaryl/α,β-unsaturated/α-hetero) is 1. The van der Waals surface area contributed by atoms with E-state index in [0.717, 1.165) is 18.7 Å². The van der Waals surface area contributed by atoms with Gasteiger partial charge in [0.1, 0.15) is 11.5 Å². The van der Waals surface area contributed by atoms with Crippen molar-refractivity contribution in [1.29, 1.82) is 0 Å². The van der Waals surface area contributed by atoms with E-state index in [0.29, 0.717) is 11.3 Å². The molecule has 1 aliphatic heterocycles. The molecule has 0 bridgehead atoms. The van der Waals surface area contributed by atoms with Crippen LogP contribution in [0.3, 0.4) is 0 Å². The number of hydrogen-bond donors (Lipinski definition) is 0. The van der Waals surface area contributed by atoms with Crippen LogP contribution in [0.1, 0.15) is 24.8 Å². The van der Waals surface area contributed by atoms with Gasteiger partial charge in [0.15, 0.2) is 0 Å². The van der Waals surface area contributed by atoms with E-state index in [1.54, 1.807) is 18.2 Å². The Balaban J connectivity index is 2.65. The number of halogens is 1. The van der Waals surface area contributed by atoms with Gasteiger partial charge >= 0.3 is 17.5 Å². The van der Waals surface area contributed by atoms with Crippen LogP contribution < -0.4 is 4.74 Å². The van der Waals surface area contributed by atoms with Crippen molar-refractivity contribution in [2.75, 3.05) is 14.2 Å². The molecule has 7 heteroatoms. The van der Waals surface area contributed by atoms with Crippen molar-refractivity contribution < 1.29 is 28.6 Å². The van der Waals surface area contributed by atoms with Crippen LogP contribution in [-0.2, 0) is 23.9 Å². The zero-order valence-corrected chi connectivity index (χ0v) is 13.9. The Morgan fingerprint density at radius 3 is 2.32 bits per heavy atom. The molecule has 1 aliphatic rings. The van der Waals surface area contributed by atoms with Crippen molar-refractivity contribution >= 4 is 33.7 Å². The average molecular weight is 371 g/mol. The van der Waals surface area contributed by atoms with E-state index >= 15 is 0 Å². The van der Waals surface area contributed by atoms with Crippen molar-refractivity contribution in [1.82, 2.24) is 0 Å². The quantitative estimate of drug-likeness (QED) is 0.595. The van der Waals surface area contributed by atoms with Gasteiger partial charge in [-0.05, 0) is 25.1 Å². The number of carbonyl (C=O) groups excluding carboxylic acids is 3. The lowest BCUT2D eigenvalue weighted by Crippen LogP contribution is -2.55. The van der Waals surface area contributed by atoms with Crippen LogP contribution in [-0.4, -0.2) is 37.5 Å². The first-order valence-electron chi connectivity index (χ1n) is 6.51. The first-order valence-corrected chi connectivity index (χ1v) is 7.30. The normalized spacial score (nSPS) is 18.1. The largest absolute Gasteiger partial charge is 0.466 e. The van der Waals surface area contributed by atoms with E-state index in [1.807, 2.05) is 0 Å². The highest BCUT2D eigenvalue weighted by molar-refractivity contribution is 9.10. The third-order valence-electron chi connectivity index (χ3n) is 3.58. The number of ether oxygens (including phenoxy) is 3. The highest BCUT2D eigenvalue weighted by atomic mass is 79.9. The van der Waals surface area contributed by atoms with E-state index in [2.05, 4.69) is 15.9 Å². The van der Waals surface area contributed by atoms with Crippen LogP contribution in [0.25, 0.3) is 0 Å². The maximum atomic E-state index is 12.3. The summed E-state index contributed by atoms with van der Waals surface area (Å²) in [6.45, 7) is 1.38. The highest BCUT2D eigenvalue weighted by Gasteiger charge is 2.62. The minimum atomic E-state index is -2.00. The maximum absolute atomic E-state index is 12.3. The number of esters is 2. The second-order valence-corrected chi connectivity index (χ2v) is 5.88. The van der Waals surface area contributed by atoms with Crippen LogP contribution >= 0.6 is 15.9 Å². The topological polar surface area (TPSA) is 78.9 Å². The minimum Gasteiger partial charge on any atom is -0.466 e. The molecule has 118 valence electrons. The number of benzene rings is 1. The molecule has 0 aromatic heterocycles. The third-order valence-corrected chi connectivity index (χ3v) is 4.07. The molecule has 0 fully saturated rings. The van der Waals surface area contributed by atoms with Crippen LogP contribution in [0.15, 0.2) is 22.7 Å². The summed E-state index contributed by atoms with van der Waals surface area (Å²) in [5, 5.41) is 0. The lowest BCUT2D eigenvalue weighted by atomic mass is 9.80. The van der Waals surface area contributed by atoms with Gasteiger partial charge in [0.25, 0.3) is 0 Å². The SMILES string of the molecule is COC(=O)C1(C(=O)OC)Oc2ccc(Br)cc2[C@@H]1CC(C)=O. The lowest BCUT2D eigenvalue weighted by Gasteiger charge is -2.28. The molecule has 0 aliphatic carbocycles. The molecule has 0 unspecified atom stereocenters. The van der Waals surface area contributed by atoms with Gasteiger partial charge in [0.2, 0.25) is 0 Å². The van der Waals surface area contributed by atoms with Crippen LogP contribution in [0.2, 0.25) is 0 Å². The van der Waals surface area contributed by atoms with Gasteiger partial charge in [-0.15, -0.1) is 0 Å². The molecule has 0 saturated carbocycles. The molecule has 0 amide bonds. The fourth-order valence-corrected chi connectivity index (χ4v) is 3.02. The molecule has 0 radical (unpaired) electrons. The van der Waals surface area contributed by atoms with Crippen molar-refractivity contribution in [2.24, 2.45) is 0 Å². The zero-order valence-electron chi connectivity index (χ0n) is 12.3. The van der Waals surface area contributed by atoms with E-state index in [9.17, 15) is 14.4 Å². The van der Waals surface area contributed by atoms with E-state index in [1.165, 1.54) is 6.92 Å². The van der Waals surface area contributed by atoms with E-state index in [4.69, 9.17) is 14.2 Å². The summed E-state index contributed by atoms with van der Waals surface area (Å²) in [6.07, 6.45) is -0.0480. The Morgan fingerprint density at radius 1 is 1.23 bits per heavy atom. The van der Waals surface area contributed by atoms with Gasteiger partial charge in [-0.1, -0.05) is 15.9 Å². The molecule has 22 heavy (non-hydrogen) atoms. The van der Waals surface area contributed by atoms with Gasteiger partial charge in [-0.2, -0.15) is 0 Å². The number of ketones is 1. The van der Waals surface area contributed by atoms with Crippen molar-refractivity contribution in [3.8, 4) is 5.75 Å². The summed E-state index contributed by atoms with van der Waals surface area (Å²) in [6, 6.07) is 5.06. The predicted molar refractivity (Wildman–Crippen MR) is 79.6 cm³/mol. The predicted octanol–water partition coefficient (Wildman–Crippen LogP) is 1.99. The molecule has 1 atom stereocenters. The van der Waals surface area contributed by atoms with Gasteiger partial charge in [-0.25, -0.2) is 9.59 Å². The first-order chi connectivity index (χ1) is 10.4. The van der Waals surface area contributed by atoms with Gasteiger partial charge in [-0.3, -0.25) is 0 Å². The summed E-state index contributed by atoms with van der Waals surface area (Å²) >= 11 is 3.33. The number of fused-ring (bicyclic) bond motifs is 1. The van der Waals surface area contributed by atoms with Crippen molar-refractivity contribution in [3.63, 3.8) is 0 Å². The second kappa shape index (κ2) is 6.08. The molecule has 0 N–H and O–H groups in total. The van der Waals surface area contributed by atoms with E-state index < -0.39 is 23.5 Å². The maximum Gasteiger partial charge on any atom is 0.362 e. The molecular formula is C15H15BrO6. The number of rotatable bonds is 4. The number of methoxy groups -OCH3 is 2. The molecule has 2 rings (SSSR count). The van der Waals surface area contributed by atoms with Gasteiger partial charge < -0.3 is 19.0 Å². The molecule has 0 spiro atoms. The molecular weight excluding hydrogens is 356 g/mol.